The van der Waals surface area contributed by atoms with Crippen molar-refractivity contribution in [3.63, 3.8) is 0 Å². The van der Waals surface area contributed by atoms with Gasteiger partial charge in [0.05, 0.1) is 6.61 Å². The lowest BCUT2D eigenvalue weighted by Crippen LogP contribution is -2.64. The number of unbranched alkanes of at least 4 members (excludes halogenated alkanes) is 30. The summed E-state index contributed by atoms with van der Waals surface area (Å²) in [5.74, 6) is -1.09. The third-order valence-corrected chi connectivity index (χ3v) is 13.3. The lowest BCUT2D eigenvalue weighted by molar-refractivity contribution is -0.220. The summed E-state index contributed by atoms with van der Waals surface area (Å²) in [7, 11) is -5.12. The molecule has 0 aliphatic heterocycles. The maximum Gasteiger partial charge on any atom is 0.472 e. The van der Waals surface area contributed by atoms with Gasteiger partial charge in [0.2, 0.25) is 0 Å². The Kier molecular flexibility index (Phi) is 38.5. The van der Waals surface area contributed by atoms with Gasteiger partial charge in [-0.3, -0.25) is 18.6 Å². The van der Waals surface area contributed by atoms with Crippen LogP contribution in [0.5, 0.6) is 0 Å². The molecule has 1 fully saturated rings. The van der Waals surface area contributed by atoms with E-state index < -0.39 is 75.7 Å². The van der Waals surface area contributed by atoms with Crippen LogP contribution in [0.25, 0.3) is 0 Å². The molecule has 0 heterocycles. The first kappa shape index (κ1) is 60.6. The van der Waals surface area contributed by atoms with Gasteiger partial charge in [-0.15, -0.1) is 0 Å². The summed E-state index contributed by atoms with van der Waals surface area (Å²) >= 11 is 0. The Morgan fingerprint density at radius 2 is 0.797 bits per heavy atom. The molecule has 0 radical (unpaired) electrons. The molecule has 1 rings (SSSR count). The number of aliphatic hydroxyl groups excluding tert-OH is 5. The van der Waals surface area contributed by atoms with Crippen LogP contribution in [-0.2, 0) is 32.7 Å². The van der Waals surface area contributed by atoms with Gasteiger partial charge in [-0.05, 0) is 38.5 Å². The molecule has 378 valence electrons. The van der Waals surface area contributed by atoms with Gasteiger partial charge in [-0.25, -0.2) is 4.57 Å². The van der Waals surface area contributed by atoms with Crippen molar-refractivity contribution in [2.75, 3.05) is 13.2 Å². The lowest BCUT2D eigenvalue weighted by atomic mass is 9.85. The summed E-state index contributed by atoms with van der Waals surface area (Å²) in [6.07, 6.45) is 31.1. The minimum absolute atomic E-state index is 0.0991. The fraction of sp³-hybridized carbons (Fsp3) is 0.920. The number of hydrogen-bond donors (Lipinski definition) is 6. The highest BCUT2D eigenvalue weighted by molar-refractivity contribution is 7.47. The fourth-order valence-electron chi connectivity index (χ4n) is 8.17. The van der Waals surface area contributed by atoms with Crippen molar-refractivity contribution >= 4 is 19.8 Å². The molecule has 8 atom stereocenters. The van der Waals surface area contributed by atoms with Crippen LogP contribution in [0.3, 0.4) is 0 Å². The highest BCUT2D eigenvalue weighted by atomic mass is 31.2. The number of carbonyl (C=O) groups excluding carboxylic acids is 2. The van der Waals surface area contributed by atoms with Gasteiger partial charge in [0.1, 0.15) is 43.2 Å². The van der Waals surface area contributed by atoms with E-state index in [9.17, 15) is 44.6 Å². The van der Waals surface area contributed by atoms with Gasteiger partial charge >= 0.3 is 19.8 Å². The first-order valence-electron chi connectivity index (χ1n) is 26.0. The van der Waals surface area contributed by atoms with E-state index in [-0.39, 0.29) is 12.8 Å². The topological polar surface area (TPSA) is 210 Å². The van der Waals surface area contributed by atoms with Crippen LogP contribution in [0.2, 0.25) is 0 Å². The zero-order chi connectivity index (χ0) is 47.1. The minimum atomic E-state index is -5.12. The molecule has 0 saturated heterocycles. The number of ether oxygens (including phenoxy) is 2. The minimum Gasteiger partial charge on any atom is -0.462 e. The van der Waals surface area contributed by atoms with Crippen molar-refractivity contribution in [3.8, 4) is 0 Å². The maximum absolute atomic E-state index is 12.8. The maximum atomic E-state index is 12.8. The van der Waals surface area contributed by atoms with Crippen LogP contribution in [0.1, 0.15) is 239 Å². The van der Waals surface area contributed by atoms with Crippen molar-refractivity contribution < 1.29 is 63.1 Å². The second kappa shape index (κ2) is 40.6. The van der Waals surface area contributed by atoms with Crippen molar-refractivity contribution in [2.24, 2.45) is 0 Å². The molecular formula is C50H95O13P. The average molecular weight is 935 g/mol. The average Bonchev–Trinajstić information content (AvgIpc) is 3.28. The van der Waals surface area contributed by atoms with Crippen LogP contribution in [0.4, 0.5) is 0 Å². The summed E-state index contributed by atoms with van der Waals surface area (Å²) in [6, 6.07) is 0. The Balaban J connectivity index is 2.39. The Morgan fingerprint density at radius 1 is 0.469 bits per heavy atom. The fourth-order valence-corrected chi connectivity index (χ4v) is 9.14. The monoisotopic (exact) mass is 935 g/mol. The second-order valence-corrected chi connectivity index (χ2v) is 19.8. The molecule has 0 aromatic rings. The molecule has 64 heavy (non-hydrogen) atoms. The second-order valence-electron chi connectivity index (χ2n) is 18.4. The molecule has 0 aromatic heterocycles. The molecule has 13 nitrogen and oxygen atoms in total. The molecule has 0 spiro atoms. The quantitative estimate of drug-likeness (QED) is 0.0146. The van der Waals surface area contributed by atoms with E-state index in [2.05, 4.69) is 26.0 Å². The standard InChI is InChI=1S/C50H95O13P/c1-3-5-7-9-11-13-15-17-19-21-22-23-25-27-29-31-33-35-37-39-44(52)62-42(41-61-64(58,59)63-50-48(56)46(54)45(53)47(55)49(50)57)40-60-43(51)38-36-34-32-30-28-26-24-20-18-16-14-12-10-8-6-4-2/h17,19,42,45-50,53-57H,3-16,18,20-41H2,1-2H3,(H,58,59)/b19-17+/t42-,45?,46-,47?,48?,49?,50?/m1/s1. The number of phosphoric acid groups is 1. The summed E-state index contributed by atoms with van der Waals surface area (Å²) in [5.41, 5.74) is 0. The van der Waals surface area contributed by atoms with Crippen LogP contribution >= 0.6 is 7.82 Å². The highest BCUT2D eigenvalue weighted by Crippen LogP contribution is 2.47. The van der Waals surface area contributed by atoms with E-state index in [1.807, 2.05) is 0 Å². The third-order valence-electron chi connectivity index (χ3n) is 12.4. The summed E-state index contributed by atoms with van der Waals surface area (Å²) in [4.78, 5) is 35.8. The zero-order valence-electron chi connectivity index (χ0n) is 40.3. The Labute approximate surface area is 388 Å². The number of carbonyl (C=O) groups is 2. The van der Waals surface area contributed by atoms with Gasteiger partial charge in [0.15, 0.2) is 6.10 Å². The molecule has 1 saturated carbocycles. The predicted octanol–water partition coefficient (Wildman–Crippen LogP) is 11.0. The largest absolute Gasteiger partial charge is 0.472 e. The van der Waals surface area contributed by atoms with Crippen molar-refractivity contribution in [1.82, 2.24) is 0 Å². The van der Waals surface area contributed by atoms with Crippen LogP contribution in [-0.4, -0.2) is 98.3 Å². The summed E-state index contributed by atoms with van der Waals surface area (Å²) in [6.45, 7) is 3.33. The molecule has 6 unspecified atom stereocenters. The molecule has 1 aliphatic rings. The summed E-state index contributed by atoms with van der Waals surface area (Å²) < 4.78 is 33.6. The lowest BCUT2D eigenvalue weighted by Gasteiger charge is -2.41. The number of esters is 2. The smallest absolute Gasteiger partial charge is 0.462 e. The zero-order valence-corrected chi connectivity index (χ0v) is 41.2. The number of phosphoric ester groups is 1. The van der Waals surface area contributed by atoms with Gasteiger partial charge in [-0.2, -0.15) is 0 Å². The molecular weight excluding hydrogens is 840 g/mol. The van der Waals surface area contributed by atoms with Crippen molar-refractivity contribution in [3.05, 3.63) is 12.2 Å². The molecule has 1 aliphatic carbocycles. The SMILES string of the molecule is CCCCCCCC/C=C/CCCCCCCCCCCC(=O)O[C@H](COC(=O)CCCCCCCCCCCCCCCCCC)COP(=O)(O)OC1C(O)C(O)C(O)[C@@H](O)C1O. The molecule has 0 amide bonds. The van der Waals surface area contributed by atoms with E-state index >= 15 is 0 Å². The highest BCUT2D eigenvalue weighted by Gasteiger charge is 2.51. The van der Waals surface area contributed by atoms with Gasteiger partial charge in [0.25, 0.3) is 0 Å². The Bertz CT molecular complexity index is 1170. The number of hydrogen-bond acceptors (Lipinski definition) is 12. The predicted molar refractivity (Wildman–Crippen MR) is 254 cm³/mol. The number of allylic oxidation sites excluding steroid dienone is 2. The van der Waals surface area contributed by atoms with E-state index in [1.54, 1.807) is 0 Å². The van der Waals surface area contributed by atoms with Gasteiger partial charge in [-0.1, -0.05) is 199 Å². The normalized spacial score (nSPS) is 21.6. The molecule has 0 aromatic carbocycles. The van der Waals surface area contributed by atoms with Gasteiger partial charge in [0, 0.05) is 12.8 Å². The van der Waals surface area contributed by atoms with Crippen LogP contribution in [0, 0.1) is 0 Å². The van der Waals surface area contributed by atoms with Gasteiger partial charge < -0.3 is 39.9 Å². The van der Waals surface area contributed by atoms with E-state index in [1.165, 1.54) is 148 Å². The molecule has 6 N–H and O–H groups in total. The number of rotatable bonds is 44. The van der Waals surface area contributed by atoms with Crippen LogP contribution < -0.4 is 0 Å². The summed E-state index contributed by atoms with van der Waals surface area (Å²) in [5, 5.41) is 50.3. The Hall–Kier alpha value is -1.41. The van der Waals surface area contributed by atoms with Crippen LogP contribution in [0.15, 0.2) is 12.2 Å². The van der Waals surface area contributed by atoms with E-state index in [0.717, 1.165) is 51.4 Å². The Morgan fingerprint density at radius 3 is 1.19 bits per heavy atom. The third kappa shape index (κ3) is 32.3. The molecule has 14 heteroatoms. The first-order valence-corrected chi connectivity index (χ1v) is 27.5. The number of aliphatic hydroxyl groups is 5. The van der Waals surface area contributed by atoms with E-state index in [4.69, 9.17) is 18.5 Å². The first-order chi connectivity index (χ1) is 30.9. The van der Waals surface area contributed by atoms with E-state index in [0.29, 0.717) is 12.8 Å². The molecule has 0 bridgehead atoms. The van der Waals surface area contributed by atoms with Crippen molar-refractivity contribution in [2.45, 2.75) is 281 Å². The van der Waals surface area contributed by atoms with Crippen molar-refractivity contribution in [1.29, 1.82) is 0 Å².